The first kappa shape index (κ1) is 14.2. The number of benzene rings is 1. The second kappa shape index (κ2) is 4.89. The van der Waals surface area contributed by atoms with Crippen LogP contribution in [0.3, 0.4) is 0 Å². The molecule has 0 aliphatic carbocycles. The van der Waals surface area contributed by atoms with Gasteiger partial charge in [0.05, 0.1) is 48.6 Å². The number of nitrogens with zero attached hydrogens (tertiary/aromatic N) is 4. The summed E-state index contributed by atoms with van der Waals surface area (Å²) in [6.07, 6.45) is 10.8. The van der Waals surface area contributed by atoms with E-state index in [1.54, 1.807) is 24.8 Å². The highest BCUT2D eigenvalue weighted by Gasteiger charge is 2.47. The maximum Gasteiger partial charge on any atom is 0.266 e. The molecule has 7 heteroatoms. The van der Waals surface area contributed by atoms with E-state index in [4.69, 9.17) is 9.47 Å². The van der Waals surface area contributed by atoms with Crippen LogP contribution in [0.1, 0.15) is 0 Å². The number of rotatable bonds is 1. The van der Waals surface area contributed by atoms with E-state index in [0.717, 1.165) is 56.4 Å². The summed E-state index contributed by atoms with van der Waals surface area (Å²) in [4.78, 5) is 15.4. The maximum atomic E-state index is 6.19. The van der Waals surface area contributed by atoms with E-state index in [1.165, 1.54) is 0 Å². The summed E-state index contributed by atoms with van der Waals surface area (Å²) in [5.41, 5.74) is 6.25. The molecule has 4 aromatic rings. The van der Waals surface area contributed by atoms with Gasteiger partial charge in [-0.05, 0) is 12.1 Å². The summed E-state index contributed by atoms with van der Waals surface area (Å²) in [7, 11) is 0. The Kier molecular flexibility index (Phi) is 2.49. The zero-order chi connectivity index (χ0) is 18.2. The van der Waals surface area contributed by atoms with Gasteiger partial charge in [-0.15, -0.1) is 0 Å². The van der Waals surface area contributed by atoms with Crippen molar-refractivity contribution in [2.45, 2.75) is 0 Å². The van der Waals surface area contributed by atoms with Crippen molar-refractivity contribution in [3.8, 4) is 23.0 Å². The van der Waals surface area contributed by atoms with E-state index in [9.17, 15) is 0 Å². The van der Waals surface area contributed by atoms with Crippen molar-refractivity contribution >= 4 is 40.2 Å². The van der Waals surface area contributed by atoms with E-state index in [2.05, 4.69) is 32.0 Å². The molecule has 6 nitrogen and oxygen atoms in total. The van der Waals surface area contributed by atoms with Crippen molar-refractivity contribution in [2.24, 2.45) is 0 Å². The topological polar surface area (TPSA) is 60.4 Å². The Hall–Kier alpha value is -3.87. The average Bonchev–Trinajstić information content (AvgIpc) is 2.75. The molecule has 0 saturated heterocycles. The Balaban J connectivity index is 1.63. The Morgan fingerprint density at radius 1 is 0.607 bits per heavy atom. The molecule has 0 saturated carbocycles. The number of hydrogen-bond donors (Lipinski definition) is 0. The van der Waals surface area contributed by atoms with E-state index >= 15 is 0 Å². The van der Waals surface area contributed by atoms with Gasteiger partial charge in [0.25, 0.3) is 6.71 Å². The summed E-state index contributed by atoms with van der Waals surface area (Å²) in [6.45, 7) is 0.0106. The number of ether oxygens (including phenoxy) is 2. The highest BCUT2D eigenvalue weighted by atomic mass is 16.5. The molecular weight excluding hydrogens is 351 g/mol. The number of anilines is 3. The van der Waals surface area contributed by atoms with Crippen LogP contribution in [0.2, 0.25) is 0 Å². The van der Waals surface area contributed by atoms with E-state index in [0.29, 0.717) is 0 Å². The Morgan fingerprint density at radius 3 is 1.68 bits per heavy atom. The van der Waals surface area contributed by atoms with Crippen molar-refractivity contribution < 1.29 is 9.47 Å². The fourth-order valence-electron chi connectivity index (χ4n) is 4.52. The van der Waals surface area contributed by atoms with Crippen LogP contribution < -0.4 is 30.8 Å². The van der Waals surface area contributed by atoms with Crippen LogP contribution in [0.4, 0.5) is 17.1 Å². The van der Waals surface area contributed by atoms with Gasteiger partial charge in [0, 0.05) is 22.1 Å². The molecule has 28 heavy (non-hydrogen) atoms. The van der Waals surface area contributed by atoms with E-state index < -0.39 is 0 Å². The number of pyridine rings is 3. The molecule has 0 unspecified atom stereocenters. The third-order valence-corrected chi connectivity index (χ3v) is 5.58. The lowest BCUT2D eigenvalue weighted by molar-refractivity contribution is 0.458. The lowest BCUT2D eigenvalue weighted by Gasteiger charge is -2.41. The summed E-state index contributed by atoms with van der Waals surface area (Å²) in [6, 6.07) is 10.2. The molecule has 3 aliphatic rings. The van der Waals surface area contributed by atoms with E-state index in [-0.39, 0.29) is 6.71 Å². The van der Waals surface area contributed by atoms with Crippen molar-refractivity contribution in [1.82, 2.24) is 15.0 Å². The molecule has 6 heterocycles. The number of para-hydroxylation sites is 1. The zero-order valence-electron chi connectivity index (χ0n) is 14.5. The first-order valence-electron chi connectivity index (χ1n) is 9.05. The molecule has 3 aliphatic heterocycles. The lowest BCUT2D eigenvalue weighted by Crippen LogP contribution is -2.61. The quantitative estimate of drug-likeness (QED) is 0.418. The van der Waals surface area contributed by atoms with Gasteiger partial charge in [0.1, 0.15) is 23.0 Å². The first-order chi connectivity index (χ1) is 13.9. The molecule has 0 radical (unpaired) electrons. The van der Waals surface area contributed by atoms with Gasteiger partial charge >= 0.3 is 0 Å². The van der Waals surface area contributed by atoms with Crippen LogP contribution in [-0.2, 0) is 0 Å². The molecule has 3 aromatic heterocycles. The fraction of sp³-hybridized carbons (Fsp3) is 0. The molecule has 0 amide bonds. The van der Waals surface area contributed by atoms with Crippen LogP contribution >= 0.6 is 0 Å². The van der Waals surface area contributed by atoms with Gasteiger partial charge in [0.15, 0.2) is 0 Å². The Bertz CT molecular complexity index is 1220. The molecular formula is C21H11BN4O2. The van der Waals surface area contributed by atoms with Gasteiger partial charge in [-0.2, -0.15) is 0 Å². The van der Waals surface area contributed by atoms with Crippen LogP contribution in [0.25, 0.3) is 0 Å². The highest BCUT2D eigenvalue weighted by Crippen LogP contribution is 2.43. The third kappa shape index (κ3) is 1.62. The molecule has 1 aromatic carbocycles. The van der Waals surface area contributed by atoms with Crippen LogP contribution in [0.5, 0.6) is 23.0 Å². The third-order valence-electron chi connectivity index (χ3n) is 5.58. The van der Waals surface area contributed by atoms with Crippen LogP contribution in [0, 0.1) is 0 Å². The molecule has 0 spiro atoms. The van der Waals surface area contributed by atoms with Gasteiger partial charge in [0.2, 0.25) is 0 Å². The summed E-state index contributed by atoms with van der Waals surface area (Å²) < 4.78 is 12.4. The minimum Gasteiger partial charge on any atom is -0.455 e. The maximum absolute atomic E-state index is 6.19. The molecule has 0 fully saturated rings. The van der Waals surface area contributed by atoms with Crippen molar-refractivity contribution in [3.05, 3.63) is 67.5 Å². The number of aromatic nitrogens is 3. The minimum absolute atomic E-state index is 0.0106. The first-order valence-corrected chi connectivity index (χ1v) is 9.05. The van der Waals surface area contributed by atoms with Gasteiger partial charge in [-0.1, -0.05) is 18.2 Å². The Morgan fingerprint density at radius 2 is 1.11 bits per heavy atom. The molecule has 7 rings (SSSR count). The van der Waals surface area contributed by atoms with Gasteiger partial charge in [-0.3, -0.25) is 15.0 Å². The summed E-state index contributed by atoms with van der Waals surface area (Å²) in [5.74, 6) is 2.95. The normalized spacial score (nSPS) is 14.1. The fourth-order valence-corrected chi connectivity index (χ4v) is 4.52. The standard InChI is InChI=1S/C21H11BN4O2/c1-2-4-12(5-3-1)26-13-6-23-8-15-19(13)22-20-14(26)7-24-9-16(20)28-18-11-25-10-17(27-15)21(18)22/h1-11H. The number of hydrogen-bond acceptors (Lipinski definition) is 6. The lowest BCUT2D eigenvalue weighted by atomic mass is 9.33. The summed E-state index contributed by atoms with van der Waals surface area (Å²) in [5, 5.41) is 0. The molecule has 130 valence electrons. The van der Waals surface area contributed by atoms with E-state index in [1.807, 2.05) is 30.6 Å². The van der Waals surface area contributed by atoms with Crippen molar-refractivity contribution in [1.29, 1.82) is 0 Å². The van der Waals surface area contributed by atoms with Crippen LogP contribution in [0.15, 0.2) is 67.5 Å². The minimum atomic E-state index is 0.0106. The van der Waals surface area contributed by atoms with Crippen molar-refractivity contribution in [3.63, 3.8) is 0 Å². The Labute approximate surface area is 160 Å². The largest absolute Gasteiger partial charge is 0.455 e. The molecule has 0 bridgehead atoms. The summed E-state index contributed by atoms with van der Waals surface area (Å²) >= 11 is 0. The molecule has 0 atom stereocenters. The average molecular weight is 362 g/mol. The second-order valence-corrected chi connectivity index (χ2v) is 7.00. The second-order valence-electron chi connectivity index (χ2n) is 7.00. The zero-order valence-corrected chi connectivity index (χ0v) is 14.5. The van der Waals surface area contributed by atoms with Crippen LogP contribution in [-0.4, -0.2) is 21.7 Å². The highest BCUT2D eigenvalue weighted by molar-refractivity contribution is 7.00. The monoisotopic (exact) mass is 362 g/mol. The van der Waals surface area contributed by atoms with Gasteiger partial charge in [-0.25, -0.2) is 0 Å². The smallest absolute Gasteiger partial charge is 0.266 e. The predicted molar refractivity (Wildman–Crippen MR) is 106 cm³/mol. The molecule has 0 N–H and O–H groups in total. The SMILES string of the molecule is c1ccc(N2c3cncc4c3B3c5c(cncc5Oc5cncc2c53)O4)cc1. The van der Waals surface area contributed by atoms with Crippen molar-refractivity contribution in [2.75, 3.05) is 4.90 Å². The predicted octanol–water partition coefficient (Wildman–Crippen LogP) is 2.38. The van der Waals surface area contributed by atoms with Gasteiger partial charge < -0.3 is 14.4 Å².